The van der Waals surface area contributed by atoms with Crippen LogP contribution >= 0.6 is 34.2 Å². The molecule has 1 aromatic rings. The van der Waals surface area contributed by atoms with Gasteiger partial charge in [-0.2, -0.15) is 0 Å². The molecule has 0 unspecified atom stereocenters. The minimum Gasteiger partial charge on any atom is -0.496 e. The van der Waals surface area contributed by atoms with E-state index in [-0.39, 0.29) is 12.3 Å². The molecule has 0 saturated carbocycles. The van der Waals surface area contributed by atoms with Crippen LogP contribution in [0, 0.1) is 3.57 Å². The molecule has 0 aliphatic carbocycles. The lowest BCUT2D eigenvalue weighted by molar-refractivity contribution is -0.137. The molecule has 0 aliphatic rings. The Balaban J connectivity index is 2.59. The molecule has 1 amide bonds. The highest BCUT2D eigenvalue weighted by Gasteiger charge is 2.14. The molecule has 0 fully saturated rings. The first kappa shape index (κ1) is 17.0. The van der Waals surface area contributed by atoms with E-state index in [2.05, 4.69) is 27.9 Å². The van der Waals surface area contributed by atoms with Crippen LogP contribution in [-0.2, 0) is 4.79 Å². The number of methoxy groups -OCH3 is 1. The number of benzene rings is 1. The minimum absolute atomic E-state index is 0.106. The molecule has 0 spiro atoms. The van der Waals surface area contributed by atoms with Gasteiger partial charge in [0.15, 0.2) is 0 Å². The van der Waals surface area contributed by atoms with Crippen molar-refractivity contribution in [1.29, 1.82) is 0 Å². The highest BCUT2D eigenvalue weighted by Crippen LogP contribution is 2.28. The number of ether oxygens (including phenoxy) is 1. The molecule has 2 N–H and O–H groups in total. The van der Waals surface area contributed by atoms with Crippen molar-refractivity contribution < 1.29 is 19.4 Å². The summed E-state index contributed by atoms with van der Waals surface area (Å²) in [7, 11) is 1.49. The molecule has 1 rings (SSSR count). The Morgan fingerprint density at radius 3 is 2.70 bits per heavy atom. The number of carboxylic acids is 1. The Morgan fingerprint density at radius 1 is 1.40 bits per heavy atom. The summed E-state index contributed by atoms with van der Waals surface area (Å²) in [5.41, 5.74) is 0.371. The molecule has 0 atom stereocenters. The van der Waals surface area contributed by atoms with Gasteiger partial charge in [-0.05, 0) is 47.6 Å². The number of hydrogen-bond acceptors (Lipinski definition) is 3. The maximum absolute atomic E-state index is 12.0. The molecule has 5 nitrogen and oxygen atoms in total. The predicted octanol–water partition coefficient (Wildman–Crippen LogP) is 2.94. The molecule has 7 heteroatoms. The zero-order valence-electron chi connectivity index (χ0n) is 10.9. The largest absolute Gasteiger partial charge is 0.496 e. The van der Waals surface area contributed by atoms with Crippen molar-refractivity contribution in [1.82, 2.24) is 5.32 Å². The van der Waals surface area contributed by atoms with Crippen molar-refractivity contribution in [2.75, 3.05) is 13.7 Å². The van der Waals surface area contributed by atoms with Gasteiger partial charge < -0.3 is 15.2 Å². The second kappa shape index (κ2) is 8.31. The van der Waals surface area contributed by atoms with Crippen molar-refractivity contribution in [2.24, 2.45) is 0 Å². The lowest BCUT2D eigenvalue weighted by Crippen LogP contribution is -2.25. The lowest BCUT2D eigenvalue weighted by Gasteiger charge is -2.10. The van der Waals surface area contributed by atoms with Gasteiger partial charge in [-0.1, -0.05) is 11.6 Å². The highest BCUT2D eigenvalue weighted by atomic mass is 127. The van der Waals surface area contributed by atoms with Crippen LogP contribution in [0.4, 0.5) is 0 Å². The van der Waals surface area contributed by atoms with Gasteiger partial charge in [-0.15, -0.1) is 0 Å². The first-order valence-electron chi connectivity index (χ1n) is 5.98. The number of halogens is 2. The summed E-state index contributed by atoms with van der Waals surface area (Å²) in [5.74, 6) is -0.653. The normalized spacial score (nSPS) is 10.2. The Labute approximate surface area is 135 Å². The van der Waals surface area contributed by atoms with E-state index in [9.17, 15) is 9.59 Å². The van der Waals surface area contributed by atoms with E-state index >= 15 is 0 Å². The van der Waals surface area contributed by atoms with E-state index in [1.807, 2.05) is 0 Å². The number of hydrogen-bond donors (Lipinski definition) is 2. The number of unbranched alkanes of at least 4 members (excludes halogenated alkanes) is 1. The first-order chi connectivity index (χ1) is 9.45. The second-order valence-electron chi connectivity index (χ2n) is 4.07. The monoisotopic (exact) mass is 411 g/mol. The second-order valence-corrected chi connectivity index (χ2v) is 5.64. The Kier molecular flexibility index (Phi) is 7.08. The van der Waals surface area contributed by atoms with E-state index in [0.717, 1.165) is 3.57 Å². The summed E-state index contributed by atoms with van der Waals surface area (Å²) in [4.78, 5) is 22.4. The molecule has 0 radical (unpaired) electrons. The van der Waals surface area contributed by atoms with Crippen LogP contribution < -0.4 is 10.1 Å². The van der Waals surface area contributed by atoms with Gasteiger partial charge in [0, 0.05) is 16.5 Å². The van der Waals surface area contributed by atoms with Crippen LogP contribution in [0.3, 0.4) is 0 Å². The molecular formula is C13H15ClINO4. The fourth-order valence-electron chi connectivity index (χ4n) is 1.57. The topological polar surface area (TPSA) is 75.6 Å². The number of aliphatic carboxylic acids is 1. The molecule has 1 aromatic carbocycles. The highest BCUT2D eigenvalue weighted by molar-refractivity contribution is 14.1. The third-order valence-corrected chi connectivity index (χ3v) is 4.11. The molecule has 20 heavy (non-hydrogen) atoms. The van der Waals surface area contributed by atoms with E-state index in [0.29, 0.717) is 35.7 Å². The van der Waals surface area contributed by atoms with Crippen LogP contribution in [0.2, 0.25) is 5.02 Å². The third-order valence-electron chi connectivity index (χ3n) is 2.59. The van der Waals surface area contributed by atoms with Crippen LogP contribution in [0.25, 0.3) is 0 Å². The molecule has 0 aliphatic heterocycles. The van der Waals surface area contributed by atoms with Gasteiger partial charge in [0.1, 0.15) is 5.75 Å². The van der Waals surface area contributed by atoms with Gasteiger partial charge in [-0.3, -0.25) is 9.59 Å². The number of carbonyl (C=O) groups excluding carboxylic acids is 1. The van der Waals surface area contributed by atoms with E-state index < -0.39 is 5.97 Å². The zero-order valence-corrected chi connectivity index (χ0v) is 13.8. The molecule has 110 valence electrons. The number of carboxylic acid groups (broad SMARTS) is 1. The van der Waals surface area contributed by atoms with Crippen molar-refractivity contribution >= 4 is 46.1 Å². The molecule has 0 saturated heterocycles. The Morgan fingerprint density at radius 2 is 2.10 bits per heavy atom. The number of amides is 1. The Bertz CT molecular complexity index is 507. The average molecular weight is 412 g/mol. The SMILES string of the molecule is COc1cc(I)c(Cl)cc1C(=O)NCCCCC(=O)O. The van der Waals surface area contributed by atoms with Gasteiger partial charge in [0.05, 0.1) is 17.7 Å². The molecule has 0 heterocycles. The minimum atomic E-state index is -0.831. The molecule has 0 aromatic heterocycles. The summed E-state index contributed by atoms with van der Waals surface area (Å²) in [6, 6.07) is 3.26. The van der Waals surface area contributed by atoms with E-state index in [4.69, 9.17) is 21.4 Å². The average Bonchev–Trinajstić information content (AvgIpc) is 2.40. The molecular weight excluding hydrogens is 397 g/mol. The zero-order chi connectivity index (χ0) is 15.1. The summed E-state index contributed by atoms with van der Waals surface area (Å²) in [5, 5.41) is 11.7. The fourth-order valence-corrected chi connectivity index (χ4v) is 2.18. The number of nitrogens with one attached hydrogen (secondary N) is 1. The van der Waals surface area contributed by atoms with Crippen LogP contribution in [0.15, 0.2) is 12.1 Å². The van der Waals surface area contributed by atoms with Crippen molar-refractivity contribution in [3.05, 3.63) is 26.3 Å². The van der Waals surface area contributed by atoms with E-state index in [1.165, 1.54) is 7.11 Å². The quantitative estimate of drug-likeness (QED) is 0.534. The predicted molar refractivity (Wildman–Crippen MR) is 84.5 cm³/mol. The standard InChI is InChI=1S/C13H15ClINO4/c1-20-11-7-10(15)9(14)6-8(11)13(19)16-5-3-2-4-12(17)18/h6-7H,2-5H2,1H3,(H,16,19)(H,17,18). The van der Waals surface area contributed by atoms with Gasteiger partial charge in [0.2, 0.25) is 0 Å². The van der Waals surface area contributed by atoms with Gasteiger partial charge >= 0.3 is 5.97 Å². The van der Waals surface area contributed by atoms with Gasteiger partial charge in [-0.25, -0.2) is 0 Å². The van der Waals surface area contributed by atoms with Crippen molar-refractivity contribution in [3.63, 3.8) is 0 Å². The summed E-state index contributed by atoms with van der Waals surface area (Å²) >= 11 is 8.06. The smallest absolute Gasteiger partial charge is 0.303 e. The lowest BCUT2D eigenvalue weighted by atomic mass is 10.1. The maximum Gasteiger partial charge on any atom is 0.303 e. The summed E-state index contributed by atoms with van der Waals surface area (Å²) < 4.78 is 5.96. The fraction of sp³-hybridized carbons (Fsp3) is 0.385. The van der Waals surface area contributed by atoms with E-state index in [1.54, 1.807) is 12.1 Å². The third kappa shape index (κ3) is 5.16. The summed E-state index contributed by atoms with van der Waals surface area (Å²) in [6.07, 6.45) is 1.24. The van der Waals surface area contributed by atoms with Crippen LogP contribution in [0.5, 0.6) is 5.75 Å². The number of carbonyl (C=O) groups is 2. The first-order valence-corrected chi connectivity index (χ1v) is 7.44. The maximum atomic E-state index is 12.0. The van der Waals surface area contributed by atoms with Crippen LogP contribution in [-0.4, -0.2) is 30.6 Å². The molecule has 0 bridgehead atoms. The van der Waals surface area contributed by atoms with Crippen molar-refractivity contribution in [3.8, 4) is 5.75 Å². The van der Waals surface area contributed by atoms with Gasteiger partial charge in [0.25, 0.3) is 5.91 Å². The van der Waals surface area contributed by atoms with Crippen LogP contribution in [0.1, 0.15) is 29.6 Å². The number of rotatable bonds is 7. The van der Waals surface area contributed by atoms with Crippen molar-refractivity contribution in [2.45, 2.75) is 19.3 Å². The summed E-state index contributed by atoms with van der Waals surface area (Å²) in [6.45, 7) is 0.416. The Hall–Kier alpha value is -1.02.